The lowest BCUT2D eigenvalue weighted by molar-refractivity contribution is -0.384. The number of nitrogens with one attached hydrogen (secondary N) is 1. The molecule has 0 aliphatic carbocycles. The van der Waals surface area contributed by atoms with E-state index >= 15 is 0 Å². The molecule has 2 aromatic rings. The van der Waals surface area contributed by atoms with Gasteiger partial charge in [-0.2, -0.15) is 0 Å². The van der Waals surface area contributed by atoms with Gasteiger partial charge in [0, 0.05) is 30.1 Å². The lowest BCUT2D eigenvalue weighted by atomic mass is 10.0. The summed E-state index contributed by atoms with van der Waals surface area (Å²) in [6.45, 7) is 3.74. The molecular weight excluding hydrogens is 374 g/mol. The first kappa shape index (κ1) is 20.4. The Labute approximate surface area is 169 Å². The zero-order valence-electron chi connectivity index (χ0n) is 15.8. The Kier molecular flexibility index (Phi) is 7.45. The van der Waals surface area contributed by atoms with Crippen molar-refractivity contribution in [2.75, 3.05) is 18.8 Å². The molecule has 2 aromatic carbocycles. The number of benzene rings is 2. The van der Waals surface area contributed by atoms with Crippen LogP contribution in [0.25, 0.3) is 0 Å². The van der Waals surface area contributed by atoms with Crippen LogP contribution in [0.2, 0.25) is 0 Å². The molecule has 28 heavy (non-hydrogen) atoms. The van der Waals surface area contributed by atoms with Crippen LogP contribution in [0.5, 0.6) is 0 Å². The fraction of sp³-hybridized carbons (Fsp3) is 0.381. The number of piperidine rings is 1. The van der Waals surface area contributed by atoms with Crippen LogP contribution in [0.1, 0.15) is 30.4 Å². The molecule has 148 valence electrons. The van der Waals surface area contributed by atoms with Gasteiger partial charge in [0.1, 0.15) is 0 Å². The van der Waals surface area contributed by atoms with E-state index in [0.717, 1.165) is 30.1 Å². The van der Waals surface area contributed by atoms with Gasteiger partial charge in [0.05, 0.1) is 10.7 Å². The molecule has 0 unspecified atom stereocenters. The van der Waals surface area contributed by atoms with E-state index in [-0.39, 0.29) is 17.3 Å². The lowest BCUT2D eigenvalue weighted by Gasteiger charge is -2.27. The van der Waals surface area contributed by atoms with Crippen molar-refractivity contribution in [1.29, 1.82) is 0 Å². The van der Waals surface area contributed by atoms with Crippen LogP contribution in [0.3, 0.4) is 0 Å². The Morgan fingerprint density at radius 2 is 1.71 bits per heavy atom. The molecule has 0 spiro atoms. The Morgan fingerprint density at radius 3 is 2.39 bits per heavy atom. The van der Waals surface area contributed by atoms with Gasteiger partial charge >= 0.3 is 0 Å². The molecule has 0 bridgehead atoms. The number of nitrogens with zero attached hydrogens (tertiary/aromatic N) is 2. The van der Waals surface area contributed by atoms with Crippen LogP contribution in [0.15, 0.2) is 53.4 Å². The molecule has 0 saturated carbocycles. The van der Waals surface area contributed by atoms with Crippen LogP contribution in [0, 0.1) is 10.1 Å². The van der Waals surface area contributed by atoms with Crippen molar-refractivity contribution in [1.82, 2.24) is 10.2 Å². The molecule has 0 atom stereocenters. The topological polar surface area (TPSA) is 75.5 Å². The fourth-order valence-corrected chi connectivity index (χ4v) is 4.03. The van der Waals surface area contributed by atoms with E-state index in [4.69, 9.17) is 0 Å². The SMILES string of the molecule is O=C(CSc1ccc([N+](=O)[O-])cc1)NCc1ccccc1CN1CCCCC1. The Morgan fingerprint density at radius 1 is 1.04 bits per heavy atom. The number of rotatable bonds is 8. The van der Waals surface area contributed by atoms with Crippen LogP contribution in [-0.4, -0.2) is 34.6 Å². The summed E-state index contributed by atoms with van der Waals surface area (Å²) in [6.07, 6.45) is 3.85. The lowest BCUT2D eigenvalue weighted by Crippen LogP contribution is -2.30. The summed E-state index contributed by atoms with van der Waals surface area (Å²) in [5.74, 6) is 0.239. The highest BCUT2D eigenvalue weighted by Crippen LogP contribution is 2.21. The minimum Gasteiger partial charge on any atom is -0.351 e. The van der Waals surface area contributed by atoms with E-state index in [1.165, 1.54) is 48.7 Å². The minimum absolute atomic E-state index is 0.0453. The third-order valence-electron chi connectivity index (χ3n) is 4.85. The van der Waals surface area contributed by atoms with Crippen molar-refractivity contribution in [3.63, 3.8) is 0 Å². The third-order valence-corrected chi connectivity index (χ3v) is 5.87. The van der Waals surface area contributed by atoms with Gasteiger partial charge in [0.2, 0.25) is 5.91 Å². The molecular formula is C21H25N3O3S. The van der Waals surface area contributed by atoms with Crippen LogP contribution in [-0.2, 0) is 17.9 Å². The molecule has 6 nitrogen and oxygen atoms in total. The van der Waals surface area contributed by atoms with Crippen molar-refractivity contribution >= 4 is 23.4 Å². The van der Waals surface area contributed by atoms with Gasteiger partial charge in [-0.05, 0) is 49.2 Å². The number of nitro benzene ring substituents is 1. The van der Waals surface area contributed by atoms with E-state index in [2.05, 4.69) is 28.4 Å². The van der Waals surface area contributed by atoms with E-state index in [1.807, 2.05) is 6.07 Å². The summed E-state index contributed by atoms with van der Waals surface area (Å²) < 4.78 is 0. The van der Waals surface area contributed by atoms with Crippen LogP contribution < -0.4 is 5.32 Å². The number of nitro groups is 1. The average molecular weight is 400 g/mol. The quantitative estimate of drug-likeness (QED) is 0.413. The molecule has 0 radical (unpaired) electrons. The normalized spacial score (nSPS) is 14.6. The zero-order valence-corrected chi connectivity index (χ0v) is 16.6. The van der Waals surface area contributed by atoms with Crippen LogP contribution >= 0.6 is 11.8 Å². The highest BCUT2D eigenvalue weighted by molar-refractivity contribution is 8.00. The van der Waals surface area contributed by atoms with E-state index < -0.39 is 4.92 Å². The second kappa shape index (κ2) is 10.2. The van der Waals surface area contributed by atoms with Crippen molar-refractivity contribution in [2.24, 2.45) is 0 Å². The van der Waals surface area contributed by atoms with Gasteiger partial charge in [0.25, 0.3) is 5.69 Å². The maximum atomic E-state index is 12.2. The first-order chi connectivity index (χ1) is 13.6. The molecule has 1 heterocycles. The van der Waals surface area contributed by atoms with Gasteiger partial charge in [-0.15, -0.1) is 11.8 Å². The Balaban J connectivity index is 1.48. The standard InChI is InChI=1S/C21H25N3O3S/c25-21(16-28-20-10-8-19(9-11-20)24(26)27)22-14-17-6-2-3-7-18(17)15-23-12-4-1-5-13-23/h2-3,6-11H,1,4-5,12-16H2,(H,22,25). The summed E-state index contributed by atoms with van der Waals surface area (Å²) in [5.41, 5.74) is 2.48. The number of amides is 1. The van der Waals surface area contributed by atoms with Gasteiger partial charge in [-0.3, -0.25) is 19.8 Å². The predicted octanol–water partition coefficient (Wildman–Crippen LogP) is 3.99. The molecule has 3 rings (SSSR count). The molecule has 1 amide bonds. The van der Waals surface area contributed by atoms with E-state index in [1.54, 1.807) is 12.1 Å². The first-order valence-electron chi connectivity index (χ1n) is 9.55. The molecule has 1 aliphatic heterocycles. The number of carbonyl (C=O) groups excluding carboxylic acids is 1. The number of non-ortho nitro benzene ring substituents is 1. The maximum absolute atomic E-state index is 12.2. The number of thioether (sulfide) groups is 1. The number of likely N-dealkylation sites (tertiary alicyclic amines) is 1. The first-order valence-corrected chi connectivity index (χ1v) is 10.5. The number of hydrogen-bond acceptors (Lipinski definition) is 5. The second-order valence-corrected chi connectivity index (χ2v) is 7.97. The Hall–Kier alpha value is -2.38. The Bertz CT molecular complexity index is 805. The average Bonchev–Trinajstić information content (AvgIpc) is 2.72. The summed E-state index contributed by atoms with van der Waals surface area (Å²) in [6, 6.07) is 14.5. The number of carbonyl (C=O) groups is 1. The molecule has 7 heteroatoms. The van der Waals surface area contributed by atoms with Crippen molar-refractivity contribution in [3.05, 3.63) is 69.8 Å². The second-order valence-electron chi connectivity index (χ2n) is 6.92. The summed E-state index contributed by atoms with van der Waals surface area (Å²) >= 11 is 1.37. The molecule has 1 saturated heterocycles. The fourth-order valence-electron chi connectivity index (χ4n) is 3.30. The smallest absolute Gasteiger partial charge is 0.269 e. The van der Waals surface area contributed by atoms with Gasteiger partial charge < -0.3 is 5.32 Å². The predicted molar refractivity (Wildman–Crippen MR) is 111 cm³/mol. The van der Waals surface area contributed by atoms with Gasteiger partial charge in [-0.25, -0.2) is 0 Å². The highest BCUT2D eigenvalue weighted by atomic mass is 32.2. The summed E-state index contributed by atoms with van der Waals surface area (Å²) in [7, 11) is 0. The monoisotopic (exact) mass is 399 g/mol. The van der Waals surface area contributed by atoms with E-state index in [0.29, 0.717) is 6.54 Å². The van der Waals surface area contributed by atoms with Gasteiger partial charge in [0.15, 0.2) is 0 Å². The van der Waals surface area contributed by atoms with Crippen LogP contribution in [0.4, 0.5) is 5.69 Å². The summed E-state index contributed by atoms with van der Waals surface area (Å²) in [5, 5.41) is 13.7. The maximum Gasteiger partial charge on any atom is 0.269 e. The van der Waals surface area contributed by atoms with Crippen molar-refractivity contribution in [2.45, 2.75) is 37.2 Å². The minimum atomic E-state index is -0.428. The molecule has 1 fully saturated rings. The van der Waals surface area contributed by atoms with Crippen molar-refractivity contribution in [3.8, 4) is 0 Å². The summed E-state index contributed by atoms with van der Waals surface area (Å²) in [4.78, 5) is 25.8. The van der Waals surface area contributed by atoms with Crippen molar-refractivity contribution < 1.29 is 9.72 Å². The number of hydrogen-bond donors (Lipinski definition) is 1. The zero-order chi connectivity index (χ0) is 19.8. The third kappa shape index (κ3) is 6.07. The van der Waals surface area contributed by atoms with Gasteiger partial charge in [-0.1, -0.05) is 30.7 Å². The molecule has 0 aromatic heterocycles. The highest BCUT2D eigenvalue weighted by Gasteiger charge is 2.13. The largest absolute Gasteiger partial charge is 0.351 e. The molecule has 1 aliphatic rings. The van der Waals surface area contributed by atoms with E-state index in [9.17, 15) is 14.9 Å². The molecule has 1 N–H and O–H groups in total.